The van der Waals surface area contributed by atoms with Gasteiger partial charge in [-0.3, -0.25) is 0 Å². The molecule has 0 radical (unpaired) electrons. The SMILES string of the molecule is CN(C)CCN(CCc1ccccc1)C(=O)N[C@H](CO)Cc1ccccc1. The standard InChI is InChI=1S/C22H31N3O2/c1-24(2)15-16-25(14-13-19-9-5-3-6-10-19)22(27)23-21(18-26)17-20-11-7-4-8-12-20/h3-12,21,26H,13-18H2,1-2H3,(H,23,27)/t21-/m0/s1. The van der Waals surface area contributed by atoms with Crippen molar-refractivity contribution in [1.29, 1.82) is 0 Å². The first kappa shape index (κ1) is 20.9. The van der Waals surface area contributed by atoms with Crippen LogP contribution >= 0.6 is 0 Å². The first-order chi connectivity index (χ1) is 13.1. The van der Waals surface area contributed by atoms with Crippen LogP contribution in [0.15, 0.2) is 60.7 Å². The van der Waals surface area contributed by atoms with Crippen LogP contribution in [-0.4, -0.2) is 67.3 Å². The molecule has 1 atom stereocenters. The van der Waals surface area contributed by atoms with E-state index in [0.29, 0.717) is 19.5 Å². The van der Waals surface area contributed by atoms with Gasteiger partial charge in [-0.15, -0.1) is 0 Å². The number of benzene rings is 2. The van der Waals surface area contributed by atoms with Crippen molar-refractivity contribution in [3.63, 3.8) is 0 Å². The molecule has 27 heavy (non-hydrogen) atoms. The second-order valence-corrected chi connectivity index (χ2v) is 7.04. The molecule has 0 aromatic heterocycles. The van der Waals surface area contributed by atoms with Gasteiger partial charge in [-0.1, -0.05) is 60.7 Å². The molecule has 5 nitrogen and oxygen atoms in total. The molecule has 0 saturated heterocycles. The fourth-order valence-electron chi connectivity index (χ4n) is 2.87. The van der Waals surface area contributed by atoms with E-state index in [1.165, 1.54) is 5.56 Å². The van der Waals surface area contributed by atoms with E-state index in [1.54, 1.807) is 0 Å². The fourth-order valence-corrected chi connectivity index (χ4v) is 2.87. The number of likely N-dealkylation sites (N-methyl/N-ethyl adjacent to an activating group) is 1. The predicted molar refractivity (Wildman–Crippen MR) is 110 cm³/mol. The van der Waals surface area contributed by atoms with Gasteiger partial charge >= 0.3 is 6.03 Å². The molecule has 146 valence electrons. The lowest BCUT2D eigenvalue weighted by Gasteiger charge is -2.27. The fraction of sp³-hybridized carbons (Fsp3) is 0.409. The van der Waals surface area contributed by atoms with Crippen molar-refractivity contribution in [3.05, 3.63) is 71.8 Å². The summed E-state index contributed by atoms with van der Waals surface area (Å²) in [6.07, 6.45) is 1.42. The van der Waals surface area contributed by atoms with E-state index in [1.807, 2.05) is 67.5 Å². The normalized spacial score (nSPS) is 12.0. The number of nitrogens with zero attached hydrogens (tertiary/aromatic N) is 2. The van der Waals surface area contributed by atoms with Crippen LogP contribution in [0.5, 0.6) is 0 Å². The Labute approximate surface area is 162 Å². The zero-order valence-electron chi connectivity index (χ0n) is 16.3. The third-order valence-electron chi connectivity index (χ3n) is 4.49. The summed E-state index contributed by atoms with van der Waals surface area (Å²) in [7, 11) is 4.00. The maximum Gasteiger partial charge on any atom is 0.317 e. The summed E-state index contributed by atoms with van der Waals surface area (Å²) >= 11 is 0. The Morgan fingerprint density at radius 2 is 1.52 bits per heavy atom. The number of hydrogen-bond donors (Lipinski definition) is 2. The molecule has 0 heterocycles. The van der Waals surface area contributed by atoms with Gasteiger partial charge in [0.15, 0.2) is 0 Å². The van der Waals surface area contributed by atoms with Crippen molar-refractivity contribution in [1.82, 2.24) is 15.1 Å². The maximum atomic E-state index is 12.8. The van der Waals surface area contributed by atoms with Crippen molar-refractivity contribution < 1.29 is 9.90 Å². The minimum absolute atomic E-state index is 0.0825. The third-order valence-corrected chi connectivity index (χ3v) is 4.49. The van der Waals surface area contributed by atoms with Gasteiger partial charge < -0.3 is 20.2 Å². The number of amides is 2. The molecule has 0 aliphatic rings. The number of hydrogen-bond acceptors (Lipinski definition) is 3. The van der Waals surface area contributed by atoms with Gasteiger partial charge in [-0.2, -0.15) is 0 Å². The highest BCUT2D eigenvalue weighted by atomic mass is 16.3. The van der Waals surface area contributed by atoms with Crippen LogP contribution in [0.2, 0.25) is 0 Å². The molecule has 5 heteroatoms. The van der Waals surface area contributed by atoms with E-state index < -0.39 is 0 Å². The topological polar surface area (TPSA) is 55.8 Å². The monoisotopic (exact) mass is 369 g/mol. The van der Waals surface area contributed by atoms with E-state index in [9.17, 15) is 9.90 Å². The molecule has 0 spiro atoms. The molecule has 0 saturated carbocycles. The van der Waals surface area contributed by atoms with Gasteiger partial charge in [-0.05, 0) is 38.1 Å². The van der Waals surface area contributed by atoms with Crippen molar-refractivity contribution >= 4 is 6.03 Å². The lowest BCUT2D eigenvalue weighted by atomic mass is 10.1. The number of aliphatic hydroxyl groups excluding tert-OH is 1. The maximum absolute atomic E-state index is 12.8. The van der Waals surface area contributed by atoms with Crippen LogP contribution in [0.1, 0.15) is 11.1 Å². The Morgan fingerprint density at radius 3 is 2.07 bits per heavy atom. The average molecular weight is 370 g/mol. The van der Waals surface area contributed by atoms with Crippen LogP contribution in [0.3, 0.4) is 0 Å². The Bertz CT molecular complexity index is 662. The lowest BCUT2D eigenvalue weighted by Crippen LogP contribution is -2.49. The van der Waals surface area contributed by atoms with Crippen LogP contribution in [-0.2, 0) is 12.8 Å². The third kappa shape index (κ3) is 7.81. The minimum atomic E-state index is -0.293. The van der Waals surface area contributed by atoms with Gasteiger partial charge in [0.05, 0.1) is 12.6 Å². The summed E-state index contributed by atoms with van der Waals surface area (Å²) in [5.74, 6) is 0. The molecule has 0 bridgehead atoms. The quantitative estimate of drug-likeness (QED) is 0.676. The summed E-state index contributed by atoms with van der Waals surface area (Å²) in [6.45, 7) is 2.01. The Kier molecular flexibility index (Phi) is 8.81. The Balaban J connectivity index is 1.95. The zero-order chi connectivity index (χ0) is 19.5. The highest BCUT2D eigenvalue weighted by Crippen LogP contribution is 2.05. The van der Waals surface area contributed by atoms with Crippen molar-refractivity contribution in [2.75, 3.05) is 40.3 Å². The van der Waals surface area contributed by atoms with Gasteiger partial charge in [-0.25, -0.2) is 4.79 Å². The first-order valence-corrected chi connectivity index (χ1v) is 9.47. The zero-order valence-corrected chi connectivity index (χ0v) is 16.3. The van der Waals surface area contributed by atoms with E-state index in [0.717, 1.165) is 18.5 Å². The molecule has 2 rings (SSSR count). The molecule has 0 unspecified atom stereocenters. The lowest BCUT2D eigenvalue weighted by molar-refractivity contribution is 0.177. The predicted octanol–water partition coefficient (Wildman–Crippen LogP) is 2.41. The van der Waals surface area contributed by atoms with Crippen molar-refractivity contribution in [3.8, 4) is 0 Å². The number of carbonyl (C=O) groups is 1. The van der Waals surface area contributed by atoms with Crippen LogP contribution in [0.4, 0.5) is 4.79 Å². The van der Waals surface area contributed by atoms with E-state index in [2.05, 4.69) is 22.3 Å². The summed E-state index contributed by atoms with van der Waals surface area (Å²) in [6, 6.07) is 19.7. The van der Waals surface area contributed by atoms with E-state index in [-0.39, 0.29) is 18.7 Å². The van der Waals surface area contributed by atoms with Gasteiger partial charge in [0, 0.05) is 19.6 Å². The highest BCUT2D eigenvalue weighted by molar-refractivity contribution is 5.74. The highest BCUT2D eigenvalue weighted by Gasteiger charge is 2.18. The smallest absolute Gasteiger partial charge is 0.317 e. The molecule has 2 N–H and O–H groups in total. The Hall–Kier alpha value is -2.37. The molecule has 2 amide bonds. The second kappa shape index (κ2) is 11.4. The summed E-state index contributed by atoms with van der Waals surface area (Å²) < 4.78 is 0. The molecule has 0 aliphatic heterocycles. The van der Waals surface area contributed by atoms with Gasteiger partial charge in [0.25, 0.3) is 0 Å². The van der Waals surface area contributed by atoms with Crippen LogP contribution in [0, 0.1) is 0 Å². The van der Waals surface area contributed by atoms with Gasteiger partial charge in [0.1, 0.15) is 0 Å². The van der Waals surface area contributed by atoms with Crippen LogP contribution in [0.25, 0.3) is 0 Å². The molecule has 2 aromatic rings. The summed E-state index contributed by atoms with van der Waals surface area (Å²) in [4.78, 5) is 16.7. The van der Waals surface area contributed by atoms with Gasteiger partial charge in [0.2, 0.25) is 0 Å². The largest absolute Gasteiger partial charge is 0.394 e. The first-order valence-electron chi connectivity index (χ1n) is 9.47. The molecule has 2 aromatic carbocycles. The minimum Gasteiger partial charge on any atom is -0.394 e. The van der Waals surface area contributed by atoms with Crippen molar-refractivity contribution in [2.24, 2.45) is 0 Å². The molecule has 0 fully saturated rings. The number of rotatable bonds is 10. The Morgan fingerprint density at radius 1 is 0.926 bits per heavy atom. The number of aliphatic hydroxyl groups is 1. The van der Waals surface area contributed by atoms with Crippen LogP contribution < -0.4 is 5.32 Å². The molecular formula is C22H31N3O2. The number of carbonyl (C=O) groups excluding carboxylic acids is 1. The van der Waals surface area contributed by atoms with E-state index in [4.69, 9.17) is 0 Å². The summed E-state index contributed by atoms with van der Waals surface area (Å²) in [5.41, 5.74) is 2.31. The van der Waals surface area contributed by atoms with Crippen molar-refractivity contribution in [2.45, 2.75) is 18.9 Å². The van der Waals surface area contributed by atoms with E-state index >= 15 is 0 Å². The number of urea groups is 1. The average Bonchev–Trinajstić information content (AvgIpc) is 2.68. The molecule has 0 aliphatic carbocycles. The second-order valence-electron chi connectivity index (χ2n) is 7.04. The summed E-state index contributed by atoms with van der Waals surface area (Å²) in [5, 5.41) is 12.7. The molecular weight excluding hydrogens is 338 g/mol. The number of nitrogens with one attached hydrogen (secondary N) is 1.